The molecule has 1 fully saturated rings. The van der Waals surface area contributed by atoms with Crippen LogP contribution in [0.15, 0.2) is 42.5 Å². The quantitative estimate of drug-likeness (QED) is 0.365. The first-order valence-corrected chi connectivity index (χ1v) is 11.0. The molecule has 126 valence electrons. The summed E-state index contributed by atoms with van der Waals surface area (Å²) in [4.78, 5) is 0. The molecule has 1 saturated heterocycles. The van der Waals surface area contributed by atoms with Crippen LogP contribution >= 0.6 is 0 Å². The van der Waals surface area contributed by atoms with Crippen molar-refractivity contribution in [2.75, 3.05) is 0 Å². The molecule has 0 aromatic heterocycles. The van der Waals surface area contributed by atoms with Crippen molar-refractivity contribution in [2.24, 2.45) is 0 Å². The van der Waals surface area contributed by atoms with Gasteiger partial charge in [-0.2, -0.15) is 11.6 Å². The minimum absolute atomic E-state index is 0. The van der Waals surface area contributed by atoms with Gasteiger partial charge in [-0.25, -0.2) is 18.2 Å². The number of allylic oxidation sites excluding steroid dienone is 5. The van der Waals surface area contributed by atoms with Gasteiger partial charge in [0, 0.05) is 8.07 Å². The number of hydrogen-bond donors (Lipinski definition) is 0. The zero-order valence-corrected chi connectivity index (χ0v) is 20.3. The molecule has 0 spiro atoms. The van der Waals surface area contributed by atoms with Gasteiger partial charge in [0.1, 0.15) is 0 Å². The predicted octanol–water partition coefficient (Wildman–Crippen LogP) is -0.287. The van der Waals surface area contributed by atoms with E-state index in [9.17, 15) is 0 Å². The van der Waals surface area contributed by atoms with E-state index in [0.29, 0.717) is 0 Å². The van der Waals surface area contributed by atoms with Crippen LogP contribution < -0.4 is 24.8 Å². The molecule has 1 aromatic carbocycles. The molecule has 0 amide bonds. The van der Waals surface area contributed by atoms with Crippen LogP contribution in [0, 0.1) is 12.2 Å². The third kappa shape index (κ3) is 5.30. The minimum atomic E-state index is -1.00. The summed E-state index contributed by atoms with van der Waals surface area (Å²) in [5.41, 5.74) is 3.74. The van der Waals surface area contributed by atoms with Crippen molar-refractivity contribution >= 4 is 14.1 Å². The van der Waals surface area contributed by atoms with Crippen molar-refractivity contribution in [3.8, 4) is 0 Å². The Morgan fingerprint density at radius 2 is 1.92 bits per heavy atom. The first-order valence-electron chi connectivity index (χ1n) is 8.26. The van der Waals surface area contributed by atoms with Gasteiger partial charge in [-0.3, -0.25) is 12.2 Å². The molecule has 1 aliphatic heterocycles. The van der Waals surface area contributed by atoms with E-state index in [4.69, 9.17) is 0 Å². The van der Waals surface area contributed by atoms with Crippen LogP contribution in [0.1, 0.15) is 42.9 Å². The molecule has 0 nitrogen and oxygen atoms in total. The molecule has 0 radical (unpaired) electrons. The summed E-state index contributed by atoms with van der Waals surface area (Å²) in [5, 5.41) is 0. The van der Waals surface area contributed by atoms with Crippen LogP contribution in [0.4, 0.5) is 0 Å². The second-order valence-corrected chi connectivity index (χ2v) is 11.1. The molecule has 1 heterocycles. The van der Waals surface area contributed by atoms with E-state index in [-0.39, 0.29) is 50.7 Å². The maximum Gasteiger partial charge on any atom is 4.00 e. The van der Waals surface area contributed by atoms with Gasteiger partial charge in [0.05, 0.1) is 0 Å². The Balaban J connectivity index is 0.000000578. The Kier molecular flexibility index (Phi) is 11.7. The van der Waals surface area contributed by atoms with Crippen molar-refractivity contribution in [3.63, 3.8) is 0 Å². The van der Waals surface area contributed by atoms with E-state index in [1.807, 2.05) is 12.2 Å². The van der Waals surface area contributed by atoms with E-state index in [1.165, 1.54) is 24.4 Å². The fourth-order valence-electron chi connectivity index (χ4n) is 3.83. The average Bonchev–Trinajstić information content (AvgIpc) is 3.15. The first kappa shape index (κ1) is 24.1. The van der Waals surface area contributed by atoms with Crippen LogP contribution in [0.5, 0.6) is 0 Å². The van der Waals surface area contributed by atoms with Gasteiger partial charge in [0.15, 0.2) is 0 Å². The van der Waals surface area contributed by atoms with Gasteiger partial charge in [-0.15, -0.1) is 18.1 Å². The van der Waals surface area contributed by atoms with Crippen molar-refractivity contribution < 1.29 is 50.7 Å². The fraction of sp³-hybridized carbons (Fsp3) is 0.400. The molecule has 4 heteroatoms. The first-order chi connectivity index (χ1) is 10.4. The van der Waals surface area contributed by atoms with Gasteiger partial charge in [0.2, 0.25) is 0 Å². The zero-order chi connectivity index (χ0) is 14.5. The maximum absolute atomic E-state index is 3.69. The maximum atomic E-state index is 3.69. The van der Waals surface area contributed by atoms with Crippen LogP contribution in [0.25, 0.3) is 6.08 Å². The second-order valence-electron chi connectivity index (χ2n) is 6.34. The fourth-order valence-corrected chi connectivity index (χ4v) is 8.81. The Bertz CT molecular complexity index is 567. The third-order valence-electron chi connectivity index (χ3n) is 5.01. The summed E-state index contributed by atoms with van der Waals surface area (Å²) in [6, 6.07) is 13.5. The molecule has 0 N–H and O–H groups in total. The average molecular weight is 542 g/mol. The summed E-state index contributed by atoms with van der Waals surface area (Å²) in [6.45, 7) is 2.34. The number of hydrogen-bond acceptors (Lipinski definition) is 0. The summed E-state index contributed by atoms with van der Waals surface area (Å²) >= 11 is 0. The van der Waals surface area contributed by atoms with Gasteiger partial charge in [0.25, 0.3) is 0 Å². The second kappa shape index (κ2) is 11.7. The number of halogens is 2. The van der Waals surface area contributed by atoms with Crippen LogP contribution in [-0.2, 0) is 25.8 Å². The van der Waals surface area contributed by atoms with E-state index in [0.717, 1.165) is 12.0 Å². The van der Waals surface area contributed by atoms with Gasteiger partial charge < -0.3 is 24.8 Å². The molecular weight excluding hydrogens is 518 g/mol. The predicted molar refractivity (Wildman–Crippen MR) is 93.5 cm³/mol. The Hall–Kier alpha value is 0.107. The molecule has 4 rings (SSSR count). The summed E-state index contributed by atoms with van der Waals surface area (Å²) < 4.78 is 0. The Morgan fingerprint density at radius 1 is 1.17 bits per heavy atom. The smallest absolute Gasteiger partial charge is 1.00 e. The molecule has 0 bridgehead atoms. The zero-order valence-electron chi connectivity index (χ0n) is 14.2. The topological polar surface area (TPSA) is 0 Å². The van der Waals surface area contributed by atoms with Gasteiger partial charge >= 0.3 is 25.8 Å². The largest absolute Gasteiger partial charge is 4.00 e. The van der Waals surface area contributed by atoms with Crippen LogP contribution in [0.3, 0.4) is 0 Å². The molecule has 1 unspecified atom stereocenters. The van der Waals surface area contributed by atoms with E-state index >= 15 is 0 Å². The molecule has 1 atom stereocenters. The van der Waals surface area contributed by atoms with E-state index in [2.05, 4.69) is 55.5 Å². The van der Waals surface area contributed by atoms with Crippen molar-refractivity contribution in [3.05, 3.63) is 65.8 Å². The Morgan fingerprint density at radius 3 is 2.42 bits per heavy atom. The van der Waals surface area contributed by atoms with Crippen molar-refractivity contribution in [1.82, 2.24) is 0 Å². The summed E-state index contributed by atoms with van der Waals surface area (Å²) in [6.07, 6.45) is 18.8. The van der Waals surface area contributed by atoms with Crippen molar-refractivity contribution in [2.45, 2.75) is 49.9 Å². The number of benzene rings is 1. The summed E-state index contributed by atoms with van der Waals surface area (Å²) in [5.74, 6) is 0. The molecular formula is C20H24Cl2HfSi. The number of rotatable bonds is 3. The molecule has 2 aliphatic carbocycles. The van der Waals surface area contributed by atoms with Crippen LogP contribution in [-0.4, -0.2) is 8.07 Å². The summed E-state index contributed by atoms with van der Waals surface area (Å²) in [7, 11) is -1.00. The third-order valence-corrected chi connectivity index (χ3v) is 10.9. The van der Waals surface area contributed by atoms with E-state index < -0.39 is 8.07 Å². The molecule has 24 heavy (non-hydrogen) atoms. The Labute approximate surface area is 179 Å². The SMILES string of the molecule is CCC[Si]1(C2[C-]=Cc3ccccc32)CCC1.[C-]1=CC=CC1.[Cl-].[Cl-].[Hf+4]. The minimum Gasteiger partial charge on any atom is -1.00 e. The van der Waals surface area contributed by atoms with Crippen LogP contribution in [0.2, 0.25) is 18.1 Å². The standard InChI is InChI=1S/C15H19Si.C5H5.2ClH.Hf/c1-2-10-16(11-5-12-16)15-9-8-13-6-3-4-7-14(13)15;1-2-4-5-3-1;;;/h3-4,6-8,15H,2,5,10-12H2,1H3;1-3H,4H2;2*1H;/q2*-1;;;+4/p-2. The molecule has 3 aliphatic rings. The monoisotopic (exact) mass is 542 g/mol. The normalized spacial score (nSPS) is 20.5. The number of fused-ring (bicyclic) bond motifs is 1. The van der Waals surface area contributed by atoms with Gasteiger partial charge in [-0.1, -0.05) is 61.6 Å². The molecule has 0 saturated carbocycles. The van der Waals surface area contributed by atoms with E-state index in [1.54, 1.807) is 17.7 Å². The van der Waals surface area contributed by atoms with Gasteiger partial charge in [-0.05, 0) is 0 Å². The molecule has 1 aromatic rings. The van der Waals surface area contributed by atoms with Crippen molar-refractivity contribution in [1.29, 1.82) is 0 Å².